The van der Waals surface area contributed by atoms with Gasteiger partial charge in [-0.1, -0.05) is 6.92 Å². The van der Waals surface area contributed by atoms with Crippen LogP contribution in [0.15, 0.2) is 18.6 Å². The number of anilines is 1. The van der Waals surface area contributed by atoms with E-state index in [-0.39, 0.29) is 0 Å². The topological polar surface area (TPSA) is 46.0 Å². The maximum atomic E-state index is 4.36. The zero-order valence-corrected chi connectivity index (χ0v) is 10.6. The molecule has 0 spiro atoms. The summed E-state index contributed by atoms with van der Waals surface area (Å²) in [5.41, 5.74) is 2.04. The number of likely N-dealkylation sites (N-methyl/N-ethyl adjacent to an activating group) is 1. The quantitative estimate of drug-likeness (QED) is 0.846. The van der Waals surface area contributed by atoms with E-state index in [0.29, 0.717) is 0 Å². The Morgan fingerprint density at radius 1 is 1.41 bits per heavy atom. The Morgan fingerprint density at radius 2 is 2.24 bits per heavy atom. The Kier molecular flexibility index (Phi) is 3.58. The molecule has 0 amide bonds. The number of aromatic nitrogens is 3. The van der Waals surface area contributed by atoms with Gasteiger partial charge < -0.3 is 14.8 Å². The molecule has 92 valence electrons. The standard InChI is InChI=1S/C12H19N5/c1-4-16(2)8-7-14-12-11-10(5-6-13-12)17(3)9-15-11/h5-6,9H,4,7-8H2,1-3H3,(H,13,14). The van der Waals surface area contributed by atoms with Crippen LogP contribution in [0.5, 0.6) is 0 Å². The van der Waals surface area contributed by atoms with Crippen LogP contribution in [-0.2, 0) is 7.05 Å². The van der Waals surface area contributed by atoms with E-state index >= 15 is 0 Å². The van der Waals surface area contributed by atoms with Crippen LogP contribution in [0.3, 0.4) is 0 Å². The van der Waals surface area contributed by atoms with Gasteiger partial charge in [0.25, 0.3) is 0 Å². The van der Waals surface area contributed by atoms with Gasteiger partial charge >= 0.3 is 0 Å². The summed E-state index contributed by atoms with van der Waals surface area (Å²) in [4.78, 5) is 11.0. The van der Waals surface area contributed by atoms with Crippen molar-refractivity contribution in [3.05, 3.63) is 18.6 Å². The molecule has 1 N–H and O–H groups in total. The summed E-state index contributed by atoms with van der Waals surface area (Å²) in [7, 11) is 4.10. The molecule has 0 atom stereocenters. The van der Waals surface area contributed by atoms with Gasteiger partial charge in [-0.05, 0) is 19.7 Å². The van der Waals surface area contributed by atoms with E-state index < -0.39 is 0 Å². The number of hydrogen-bond acceptors (Lipinski definition) is 4. The molecule has 0 aromatic carbocycles. The van der Waals surface area contributed by atoms with E-state index in [2.05, 4.69) is 34.2 Å². The molecule has 0 bridgehead atoms. The summed E-state index contributed by atoms with van der Waals surface area (Å²) in [6.07, 6.45) is 3.63. The third-order valence-electron chi connectivity index (χ3n) is 2.97. The van der Waals surface area contributed by atoms with Crippen molar-refractivity contribution in [2.24, 2.45) is 7.05 Å². The van der Waals surface area contributed by atoms with Crippen LogP contribution in [0, 0.1) is 0 Å². The zero-order chi connectivity index (χ0) is 12.3. The normalized spacial score (nSPS) is 11.3. The van der Waals surface area contributed by atoms with Crippen LogP contribution in [-0.4, -0.2) is 46.1 Å². The Morgan fingerprint density at radius 3 is 3.00 bits per heavy atom. The monoisotopic (exact) mass is 233 g/mol. The van der Waals surface area contributed by atoms with Crippen LogP contribution < -0.4 is 5.32 Å². The van der Waals surface area contributed by atoms with E-state index in [1.807, 2.05) is 30.2 Å². The van der Waals surface area contributed by atoms with E-state index in [0.717, 1.165) is 36.5 Å². The highest BCUT2D eigenvalue weighted by Gasteiger charge is 2.06. The highest BCUT2D eigenvalue weighted by atomic mass is 15.1. The van der Waals surface area contributed by atoms with E-state index in [9.17, 15) is 0 Å². The Hall–Kier alpha value is -1.62. The van der Waals surface area contributed by atoms with Crippen LogP contribution in [0.4, 0.5) is 5.82 Å². The smallest absolute Gasteiger partial charge is 0.154 e. The first-order valence-electron chi connectivity index (χ1n) is 5.90. The van der Waals surface area contributed by atoms with Crippen molar-refractivity contribution in [1.29, 1.82) is 0 Å². The molecule has 5 nitrogen and oxygen atoms in total. The Bertz CT molecular complexity index is 491. The maximum Gasteiger partial charge on any atom is 0.154 e. The fourth-order valence-electron chi connectivity index (χ4n) is 1.71. The first-order chi connectivity index (χ1) is 8.22. The van der Waals surface area contributed by atoms with E-state index in [1.54, 1.807) is 0 Å². The third-order valence-corrected chi connectivity index (χ3v) is 2.97. The second-order valence-electron chi connectivity index (χ2n) is 4.21. The molecule has 0 aliphatic carbocycles. The molecule has 0 saturated heterocycles. The van der Waals surface area contributed by atoms with Gasteiger partial charge in [0, 0.05) is 26.3 Å². The summed E-state index contributed by atoms with van der Waals surface area (Å²) in [5.74, 6) is 0.868. The predicted octanol–water partition coefficient (Wildman–Crippen LogP) is 1.33. The van der Waals surface area contributed by atoms with Gasteiger partial charge in [-0.3, -0.25) is 0 Å². The van der Waals surface area contributed by atoms with Crippen molar-refractivity contribution in [2.75, 3.05) is 32.0 Å². The maximum absolute atomic E-state index is 4.36. The largest absolute Gasteiger partial charge is 0.367 e. The lowest BCUT2D eigenvalue weighted by molar-refractivity contribution is 0.367. The predicted molar refractivity (Wildman–Crippen MR) is 70.2 cm³/mol. The molecule has 0 unspecified atom stereocenters. The minimum Gasteiger partial charge on any atom is -0.367 e. The van der Waals surface area contributed by atoms with Crippen molar-refractivity contribution < 1.29 is 0 Å². The molecule has 0 radical (unpaired) electrons. The third kappa shape index (κ3) is 2.55. The first-order valence-corrected chi connectivity index (χ1v) is 5.90. The summed E-state index contributed by atoms with van der Waals surface area (Å²) >= 11 is 0. The number of nitrogens with one attached hydrogen (secondary N) is 1. The molecule has 5 heteroatoms. The molecule has 0 saturated carbocycles. The minimum absolute atomic E-state index is 0.868. The zero-order valence-electron chi connectivity index (χ0n) is 10.6. The minimum atomic E-state index is 0.868. The summed E-state index contributed by atoms with van der Waals surface area (Å²) in [5, 5.41) is 3.34. The van der Waals surface area contributed by atoms with Crippen LogP contribution in [0.2, 0.25) is 0 Å². The number of nitrogens with zero attached hydrogens (tertiary/aromatic N) is 4. The van der Waals surface area contributed by atoms with Crippen molar-refractivity contribution in [3.8, 4) is 0 Å². The second-order valence-corrected chi connectivity index (χ2v) is 4.21. The van der Waals surface area contributed by atoms with Gasteiger partial charge in [-0.25, -0.2) is 9.97 Å². The lowest BCUT2D eigenvalue weighted by Crippen LogP contribution is -2.25. The summed E-state index contributed by atoms with van der Waals surface area (Å²) in [6.45, 7) is 5.09. The number of hydrogen-bond donors (Lipinski definition) is 1. The molecule has 17 heavy (non-hydrogen) atoms. The molecule has 0 fully saturated rings. The van der Waals surface area contributed by atoms with E-state index in [1.165, 1.54) is 0 Å². The van der Waals surface area contributed by atoms with Gasteiger partial charge in [0.1, 0.15) is 5.52 Å². The molecule has 2 aromatic heterocycles. The number of aryl methyl sites for hydroxylation is 1. The van der Waals surface area contributed by atoms with Crippen LogP contribution in [0.1, 0.15) is 6.92 Å². The summed E-state index contributed by atoms with van der Waals surface area (Å²) < 4.78 is 2.00. The lowest BCUT2D eigenvalue weighted by atomic mass is 10.3. The fourth-order valence-corrected chi connectivity index (χ4v) is 1.71. The molecule has 2 heterocycles. The van der Waals surface area contributed by atoms with Crippen molar-refractivity contribution >= 4 is 16.9 Å². The van der Waals surface area contributed by atoms with Crippen LogP contribution >= 0.6 is 0 Å². The molecule has 2 aromatic rings. The fraction of sp³-hybridized carbons (Fsp3) is 0.500. The number of pyridine rings is 1. The van der Waals surface area contributed by atoms with Crippen molar-refractivity contribution in [2.45, 2.75) is 6.92 Å². The average Bonchev–Trinajstić information content (AvgIpc) is 2.72. The first kappa shape index (κ1) is 11.9. The van der Waals surface area contributed by atoms with Crippen molar-refractivity contribution in [1.82, 2.24) is 19.4 Å². The second kappa shape index (κ2) is 5.14. The van der Waals surface area contributed by atoms with Crippen LogP contribution in [0.25, 0.3) is 11.0 Å². The average molecular weight is 233 g/mol. The van der Waals surface area contributed by atoms with Crippen molar-refractivity contribution in [3.63, 3.8) is 0 Å². The Labute approximate surface area is 101 Å². The SMILES string of the molecule is CCN(C)CCNc1nccc2c1ncn2C. The number of fused-ring (bicyclic) bond motifs is 1. The van der Waals surface area contributed by atoms with Gasteiger partial charge in [-0.15, -0.1) is 0 Å². The highest BCUT2D eigenvalue weighted by Crippen LogP contribution is 2.17. The molecule has 0 aliphatic rings. The summed E-state index contributed by atoms with van der Waals surface area (Å²) in [6, 6.07) is 1.98. The molecule has 2 rings (SSSR count). The van der Waals surface area contributed by atoms with Gasteiger partial charge in [0.2, 0.25) is 0 Å². The lowest BCUT2D eigenvalue weighted by Gasteiger charge is -2.14. The molecular weight excluding hydrogens is 214 g/mol. The molecule has 0 aliphatic heterocycles. The van der Waals surface area contributed by atoms with Gasteiger partial charge in [0.15, 0.2) is 5.82 Å². The van der Waals surface area contributed by atoms with Gasteiger partial charge in [-0.2, -0.15) is 0 Å². The Balaban J connectivity index is 2.08. The number of imidazole rings is 1. The van der Waals surface area contributed by atoms with Gasteiger partial charge in [0.05, 0.1) is 11.8 Å². The number of rotatable bonds is 5. The van der Waals surface area contributed by atoms with E-state index in [4.69, 9.17) is 0 Å². The molecular formula is C12H19N5. The highest BCUT2D eigenvalue weighted by molar-refractivity contribution is 5.85.